The van der Waals surface area contributed by atoms with Gasteiger partial charge in [0, 0.05) is 29.5 Å². The molecule has 2 heterocycles. The molecule has 2 aliphatic rings. The minimum Gasteiger partial charge on any atom is -0.497 e. The standard InChI is InChI=1S/C27H33N5O2S/c1-19-15-20-9-6-7-14-24(20)31(19)26(33)18-35-27-30-29-25(32(27)22-11-4-3-5-12-22)17-28-21-10-8-13-23(16-21)34-2/h6-10,13-14,16,19,22,28H,3-5,11-12,15,17-18H2,1-2H3/t19-/m0/s1. The summed E-state index contributed by atoms with van der Waals surface area (Å²) in [5.74, 6) is 2.21. The van der Waals surface area contributed by atoms with Gasteiger partial charge in [0.05, 0.1) is 19.4 Å². The Morgan fingerprint density at radius 3 is 2.77 bits per heavy atom. The van der Waals surface area contributed by atoms with Gasteiger partial charge in [0.15, 0.2) is 11.0 Å². The predicted molar refractivity (Wildman–Crippen MR) is 140 cm³/mol. The van der Waals surface area contributed by atoms with Crippen LogP contribution in [0.5, 0.6) is 5.75 Å². The van der Waals surface area contributed by atoms with Crippen LogP contribution in [-0.2, 0) is 17.8 Å². The Bertz CT molecular complexity index is 1170. The lowest BCUT2D eigenvalue weighted by molar-refractivity contribution is -0.116. The van der Waals surface area contributed by atoms with Gasteiger partial charge in [0.2, 0.25) is 5.91 Å². The van der Waals surface area contributed by atoms with Crippen molar-refractivity contribution in [1.29, 1.82) is 0 Å². The molecule has 1 atom stereocenters. The Labute approximate surface area is 211 Å². The third-order valence-electron chi connectivity index (χ3n) is 7.00. The highest BCUT2D eigenvalue weighted by atomic mass is 32.2. The average molecular weight is 492 g/mol. The summed E-state index contributed by atoms with van der Waals surface area (Å²) < 4.78 is 7.63. The Morgan fingerprint density at radius 2 is 1.94 bits per heavy atom. The molecule has 184 valence electrons. The molecule has 1 saturated carbocycles. The van der Waals surface area contributed by atoms with E-state index >= 15 is 0 Å². The molecule has 0 radical (unpaired) electrons. The summed E-state index contributed by atoms with van der Waals surface area (Å²) in [7, 11) is 1.67. The van der Waals surface area contributed by atoms with Crippen LogP contribution in [0.2, 0.25) is 0 Å². The van der Waals surface area contributed by atoms with Crippen molar-refractivity contribution < 1.29 is 9.53 Å². The van der Waals surface area contributed by atoms with Gasteiger partial charge in [0.25, 0.3) is 0 Å². The third-order valence-corrected chi connectivity index (χ3v) is 7.92. The maximum atomic E-state index is 13.3. The number of ether oxygens (including phenoxy) is 1. The molecule has 35 heavy (non-hydrogen) atoms. The number of aromatic nitrogens is 3. The SMILES string of the molecule is COc1cccc(NCc2nnc(SCC(=O)N3c4ccccc4C[C@@H]3C)n2C2CCCCC2)c1. The quantitative estimate of drug-likeness (QED) is 0.421. The summed E-state index contributed by atoms with van der Waals surface area (Å²) in [6.45, 7) is 2.69. The Morgan fingerprint density at radius 1 is 1.11 bits per heavy atom. The van der Waals surface area contributed by atoms with Crippen LogP contribution in [0.3, 0.4) is 0 Å². The van der Waals surface area contributed by atoms with Crippen molar-refractivity contribution >= 4 is 29.0 Å². The Hall–Kier alpha value is -3.00. The van der Waals surface area contributed by atoms with E-state index in [-0.39, 0.29) is 11.9 Å². The minimum atomic E-state index is 0.127. The summed E-state index contributed by atoms with van der Waals surface area (Å²) in [6, 6.07) is 16.7. The molecular weight excluding hydrogens is 458 g/mol. The van der Waals surface area contributed by atoms with Crippen molar-refractivity contribution in [3.8, 4) is 5.75 Å². The van der Waals surface area contributed by atoms with Gasteiger partial charge < -0.3 is 19.5 Å². The van der Waals surface area contributed by atoms with Crippen LogP contribution in [0.4, 0.5) is 11.4 Å². The van der Waals surface area contributed by atoms with Crippen molar-refractivity contribution in [2.75, 3.05) is 23.1 Å². The number of para-hydroxylation sites is 1. The van der Waals surface area contributed by atoms with E-state index in [9.17, 15) is 4.79 Å². The van der Waals surface area contributed by atoms with E-state index in [0.29, 0.717) is 18.3 Å². The molecule has 0 unspecified atom stereocenters. The highest BCUT2D eigenvalue weighted by Gasteiger charge is 2.31. The lowest BCUT2D eigenvalue weighted by Crippen LogP contribution is -2.37. The highest BCUT2D eigenvalue weighted by molar-refractivity contribution is 7.99. The number of nitrogens with zero attached hydrogens (tertiary/aromatic N) is 4. The molecule has 8 heteroatoms. The number of fused-ring (bicyclic) bond motifs is 1. The van der Waals surface area contributed by atoms with Gasteiger partial charge in [-0.15, -0.1) is 10.2 Å². The molecule has 0 spiro atoms. The van der Waals surface area contributed by atoms with Gasteiger partial charge >= 0.3 is 0 Å². The Kier molecular flexibility index (Phi) is 7.27. The van der Waals surface area contributed by atoms with Gasteiger partial charge in [-0.25, -0.2) is 0 Å². The van der Waals surface area contributed by atoms with E-state index < -0.39 is 0 Å². The molecule has 0 saturated heterocycles. The molecule has 3 aromatic rings. The van der Waals surface area contributed by atoms with Gasteiger partial charge in [-0.2, -0.15) is 0 Å². The molecular formula is C27H33N5O2S. The minimum absolute atomic E-state index is 0.127. The number of carbonyl (C=O) groups excluding carboxylic acids is 1. The van der Waals surface area contributed by atoms with Crippen LogP contribution in [0, 0.1) is 0 Å². The molecule has 1 fully saturated rings. The number of hydrogen-bond donors (Lipinski definition) is 1. The van der Waals surface area contributed by atoms with Crippen LogP contribution < -0.4 is 15.0 Å². The number of anilines is 2. The van der Waals surface area contributed by atoms with Crippen molar-refractivity contribution in [2.24, 2.45) is 0 Å². The normalized spacial score (nSPS) is 17.9. The summed E-state index contributed by atoms with van der Waals surface area (Å²) in [5.41, 5.74) is 3.27. The summed E-state index contributed by atoms with van der Waals surface area (Å²) in [5, 5.41) is 13.4. The highest BCUT2D eigenvalue weighted by Crippen LogP contribution is 2.35. The van der Waals surface area contributed by atoms with E-state index in [2.05, 4.69) is 33.1 Å². The maximum absolute atomic E-state index is 13.3. The second-order valence-electron chi connectivity index (χ2n) is 9.38. The smallest absolute Gasteiger partial charge is 0.237 e. The van der Waals surface area contributed by atoms with E-state index in [0.717, 1.165) is 47.4 Å². The van der Waals surface area contributed by atoms with Crippen LogP contribution in [0.25, 0.3) is 0 Å². The molecule has 0 bridgehead atoms. The van der Waals surface area contributed by atoms with Crippen LogP contribution >= 0.6 is 11.8 Å². The topological polar surface area (TPSA) is 72.3 Å². The molecule has 1 aliphatic heterocycles. The van der Waals surface area contributed by atoms with Crippen molar-refractivity contribution in [3.63, 3.8) is 0 Å². The maximum Gasteiger partial charge on any atom is 0.237 e. The van der Waals surface area contributed by atoms with Crippen molar-refractivity contribution in [2.45, 2.75) is 69.2 Å². The van der Waals surface area contributed by atoms with E-state index in [1.54, 1.807) is 7.11 Å². The first-order valence-electron chi connectivity index (χ1n) is 12.5. The number of amides is 1. The molecule has 2 aromatic carbocycles. The molecule has 1 amide bonds. The van der Waals surface area contributed by atoms with Crippen molar-refractivity contribution in [3.05, 3.63) is 59.9 Å². The lowest BCUT2D eigenvalue weighted by Gasteiger charge is -2.26. The second-order valence-corrected chi connectivity index (χ2v) is 10.3. The molecule has 5 rings (SSSR count). The fourth-order valence-electron chi connectivity index (χ4n) is 5.29. The summed E-state index contributed by atoms with van der Waals surface area (Å²) in [6.07, 6.45) is 6.88. The number of hydrogen-bond acceptors (Lipinski definition) is 6. The lowest BCUT2D eigenvalue weighted by atomic mass is 9.95. The van der Waals surface area contributed by atoms with Crippen LogP contribution in [-0.4, -0.2) is 39.6 Å². The number of thioether (sulfide) groups is 1. The zero-order valence-corrected chi connectivity index (χ0v) is 21.3. The number of carbonyl (C=O) groups is 1. The second kappa shape index (κ2) is 10.7. The first kappa shape index (κ1) is 23.7. The monoisotopic (exact) mass is 491 g/mol. The van der Waals surface area contributed by atoms with Crippen LogP contribution in [0.15, 0.2) is 53.7 Å². The first-order valence-corrected chi connectivity index (χ1v) is 13.5. The number of rotatable bonds is 8. The average Bonchev–Trinajstić information content (AvgIpc) is 3.46. The van der Waals surface area contributed by atoms with E-state index in [1.165, 1.54) is 36.6 Å². The molecule has 1 aromatic heterocycles. The van der Waals surface area contributed by atoms with Gasteiger partial charge in [-0.3, -0.25) is 4.79 Å². The fourth-order valence-corrected chi connectivity index (χ4v) is 6.17. The fraction of sp³-hybridized carbons (Fsp3) is 0.444. The zero-order chi connectivity index (χ0) is 24.2. The third kappa shape index (κ3) is 5.17. The van der Waals surface area contributed by atoms with E-state index in [1.807, 2.05) is 47.4 Å². The Balaban J connectivity index is 1.32. The summed E-state index contributed by atoms with van der Waals surface area (Å²) in [4.78, 5) is 15.2. The first-order chi connectivity index (χ1) is 17.1. The van der Waals surface area contributed by atoms with Gasteiger partial charge in [-0.05, 0) is 49.9 Å². The van der Waals surface area contributed by atoms with Gasteiger partial charge in [-0.1, -0.05) is 55.3 Å². The molecule has 1 aliphatic carbocycles. The number of benzene rings is 2. The number of nitrogens with one attached hydrogen (secondary N) is 1. The predicted octanol–water partition coefficient (Wildman–Crippen LogP) is 5.47. The zero-order valence-electron chi connectivity index (χ0n) is 20.4. The van der Waals surface area contributed by atoms with Crippen LogP contribution in [0.1, 0.15) is 56.5 Å². The largest absolute Gasteiger partial charge is 0.497 e. The molecule has 1 N–H and O–H groups in total. The van der Waals surface area contributed by atoms with E-state index in [4.69, 9.17) is 4.74 Å². The summed E-state index contributed by atoms with van der Waals surface area (Å²) >= 11 is 1.51. The number of methoxy groups -OCH3 is 1. The molecule has 7 nitrogen and oxygen atoms in total. The van der Waals surface area contributed by atoms with Crippen molar-refractivity contribution in [1.82, 2.24) is 14.8 Å². The van der Waals surface area contributed by atoms with Gasteiger partial charge in [0.1, 0.15) is 5.75 Å².